The molecule has 1 atom stereocenters. The molecular formula is C16H27N3O2. The van der Waals surface area contributed by atoms with E-state index in [1.807, 2.05) is 0 Å². The SMILES string of the molecule is O=C(CCC(=O)N[C@@H]1CN2CCC1CC2)NC1CCCC1. The lowest BCUT2D eigenvalue weighted by atomic mass is 9.84. The first-order chi connectivity index (χ1) is 10.2. The Balaban J connectivity index is 1.35. The van der Waals surface area contributed by atoms with Crippen LogP contribution in [0.25, 0.3) is 0 Å². The van der Waals surface area contributed by atoms with Crippen LogP contribution in [-0.2, 0) is 9.59 Å². The molecule has 3 heterocycles. The van der Waals surface area contributed by atoms with Gasteiger partial charge in [-0.05, 0) is 44.7 Å². The molecule has 5 nitrogen and oxygen atoms in total. The van der Waals surface area contributed by atoms with Crippen molar-refractivity contribution in [3.63, 3.8) is 0 Å². The van der Waals surface area contributed by atoms with Gasteiger partial charge in [-0.25, -0.2) is 0 Å². The summed E-state index contributed by atoms with van der Waals surface area (Å²) < 4.78 is 0. The standard InChI is InChI=1S/C16H27N3O2/c20-15(17-13-3-1-2-4-13)5-6-16(21)18-14-11-19-9-7-12(14)8-10-19/h12-14H,1-11H2,(H,17,20)(H,18,21)/t14-/m1/s1. The molecule has 21 heavy (non-hydrogen) atoms. The number of carbonyl (C=O) groups excluding carboxylic acids is 2. The monoisotopic (exact) mass is 293 g/mol. The summed E-state index contributed by atoms with van der Waals surface area (Å²) in [7, 11) is 0. The third-order valence-corrected chi connectivity index (χ3v) is 5.30. The number of hydrogen-bond acceptors (Lipinski definition) is 3. The first kappa shape index (κ1) is 14.8. The van der Waals surface area contributed by atoms with E-state index >= 15 is 0 Å². The first-order valence-corrected chi connectivity index (χ1v) is 8.52. The van der Waals surface area contributed by atoms with Gasteiger partial charge in [0.25, 0.3) is 0 Å². The van der Waals surface area contributed by atoms with Crippen molar-refractivity contribution >= 4 is 11.8 Å². The predicted octanol–water partition coefficient (Wildman–Crippen LogP) is 1.04. The molecule has 0 spiro atoms. The van der Waals surface area contributed by atoms with Gasteiger partial charge in [-0.2, -0.15) is 0 Å². The molecule has 0 aromatic heterocycles. The van der Waals surface area contributed by atoms with Gasteiger partial charge in [0.15, 0.2) is 0 Å². The summed E-state index contributed by atoms with van der Waals surface area (Å²) in [6.45, 7) is 3.35. The summed E-state index contributed by atoms with van der Waals surface area (Å²) in [5.74, 6) is 0.715. The van der Waals surface area contributed by atoms with Gasteiger partial charge in [-0.3, -0.25) is 9.59 Å². The fourth-order valence-electron chi connectivity index (χ4n) is 4.00. The molecule has 1 saturated carbocycles. The molecule has 0 radical (unpaired) electrons. The van der Waals surface area contributed by atoms with Gasteiger partial charge < -0.3 is 15.5 Å². The molecule has 4 aliphatic rings. The Hall–Kier alpha value is -1.10. The molecule has 0 aromatic rings. The summed E-state index contributed by atoms with van der Waals surface area (Å²) in [4.78, 5) is 26.3. The maximum Gasteiger partial charge on any atom is 0.220 e. The van der Waals surface area contributed by atoms with E-state index in [0.717, 1.165) is 19.4 Å². The Labute approximate surface area is 126 Å². The Bertz CT molecular complexity index is 385. The zero-order chi connectivity index (χ0) is 14.7. The lowest BCUT2D eigenvalue weighted by molar-refractivity contribution is -0.127. The Morgan fingerprint density at radius 3 is 2.10 bits per heavy atom. The normalized spacial score (nSPS) is 32.1. The van der Waals surface area contributed by atoms with Gasteiger partial charge in [-0.15, -0.1) is 0 Å². The van der Waals surface area contributed by atoms with E-state index in [-0.39, 0.29) is 11.8 Å². The highest BCUT2D eigenvalue weighted by Gasteiger charge is 2.34. The number of fused-ring (bicyclic) bond motifs is 3. The highest BCUT2D eigenvalue weighted by Crippen LogP contribution is 2.27. The topological polar surface area (TPSA) is 61.4 Å². The Morgan fingerprint density at radius 2 is 1.52 bits per heavy atom. The molecule has 118 valence electrons. The van der Waals surface area contributed by atoms with E-state index in [9.17, 15) is 9.59 Å². The van der Waals surface area contributed by atoms with Crippen molar-refractivity contribution in [1.82, 2.24) is 15.5 Å². The zero-order valence-corrected chi connectivity index (χ0v) is 12.8. The fourth-order valence-corrected chi connectivity index (χ4v) is 4.00. The second kappa shape index (κ2) is 6.77. The van der Waals surface area contributed by atoms with Crippen LogP contribution in [0.2, 0.25) is 0 Å². The maximum absolute atomic E-state index is 12.0. The van der Waals surface area contributed by atoms with Crippen molar-refractivity contribution < 1.29 is 9.59 Å². The predicted molar refractivity (Wildman–Crippen MR) is 80.7 cm³/mol. The van der Waals surface area contributed by atoms with Crippen LogP contribution in [0.3, 0.4) is 0 Å². The van der Waals surface area contributed by atoms with Crippen LogP contribution in [0, 0.1) is 5.92 Å². The molecule has 4 rings (SSSR count). The molecule has 4 fully saturated rings. The van der Waals surface area contributed by atoms with Crippen molar-refractivity contribution in [2.24, 2.45) is 5.92 Å². The van der Waals surface area contributed by atoms with Crippen molar-refractivity contribution in [1.29, 1.82) is 0 Å². The van der Waals surface area contributed by atoms with Gasteiger partial charge in [-0.1, -0.05) is 12.8 Å². The highest BCUT2D eigenvalue weighted by molar-refractivity contribution is 5.84. The third-order valence-electron chi connectivity index (χ3n) is 5.30. The summed E-state index contributed by atoms with van der Waals surface area (Å²) in [6, 6.07) is 0.653. The lowest BCUT2D eigenvalue weighted by Crippen LogP contribution is -2.57. The summed E-state index contributed by atoms with van der Waals surface area (Å²) in [6.07, 6.45) is 7.66. The van der Waals surface area contributed by atoms with Crippen LogP contribution in [0.15, 0.2) is 0 Å². The molecule has 2 amide bonds. The second-order valence-corrected chi connectivity index (χ2v) is 6.86. The Morgan fingerprint density at radius 1 is 0.905 bits per heavy atom. The number of hydrogen-bond donors (Lipinski definition) is 2. The molecule has 2 N–H and O–H groups in total. The third kappa shape index (κ3) is 3.96. The average molecular weight is 293 g/mol. The summed E-state index contributed by atoms with van der Waals surface area (Å²) in [5, 5.41) is 6.18. The van der Waals surface area contributed by atoms with Gasteiger partial charge in [0.1, 0.15) is 0 Å². The number of piperidine rings is 3. The maximum atomic E-state index is 12.0. The van der Waals surface area contributed by atoms with Crippen molar-refractivity contribution in [3.05, 3.63) is 0 Å². The molecule has 3 saturated heterocycles. The van der Waals surface area contributed by atoms with Gasteiger partial charge in [0.2, 0.25) is 11.8 Å². The minimum absolute atomic E-state index is 0.0333. The molecule has 1 aliphatic carbocycles. The van der Waals surface area contributed by atoms with Gasteiger partial charge in [0, 0.05) is 31.5 Å². The average Bonchev–Trinajstić information content (AvgIpc) is 2.99. The molecule has 2 bridgehead atoms. The van der Waals surface area contributed by atoms with Gasteiger partial charge in [0.05, 0.1) is 0 Å². The lowest BCUT2D eigenvalue weighted by Gasteiger charge is -2.44. The second-order valence-electron chi connectivity index (χ2n) is 6.86. The summed E-state index contributed by atoms with van der Waals surface area (Å²) in [5.41, 5.74) is 0. The van der Waals surface area contributed by atoms with E-state index in [1.165, 1.54) is 38.8 Å². The molecular weight excluding hydrogens is 266 g/mol. The van der Waals surface area contributed by atoms with Crippen LogP contribution < -0.4 is 10.6 Å². The molecule has 3 aliphatic heterocycles. The summed E-state index contributed by atoms with van der Waals surface area (Å²) >= 11 is 0. The zero-order valence-electron chi connectivity index (χ0n) is 12.8. The number of rotatable bonds is 5. The Kier molecular flexibility index (Phi) is 4.78. The van der Waals surface area contributed by atoms with Crippen LogP contribution in [0.1, 0.15) is 51.4 Å². The quantitative estimate of drug-likeness (QED) is 0.796. The highest BCUT2D eigenvalue weighted by atomic mass is 16.2. The van der Waals surface area contributed by atoms with E-state index < -0.39 is 0 Å². The van der Waals surface area contributed by atoms with Crippen molar-refractivity contribution in [2.45, 2.75) is 63.5 Å². The first-order valence-electron chi connectivity index (χ1n) is 8.52. The van der Waals surface area contributed by atoms with Crippen molar-refractivity contribution in [3.8, 4) is 0 Å². The van der Waals surface area contributed by atoms with Crippen LogP contribution in [-0.4, -0.2) is 48.4 Å². The molecule has 0 unspecified atom stereocenters. The van der Waals surface area contributed by atoms with Crippen LogP contribution >= 0.6 is 0 Å². The minimum Gasteiger partial charge on any atom is -0.353 e. The minimum atomic E-state index is 0.0333. The number of nitrogens with one attached hydrogen (secondary N) is 2. The number of carbonyl (C=O) groups is 2. The van der Waals surface area contributed by atoms with Crippen molar-refractivity contribution in [2.75, 3.05) is 19.6 Å². The van der Waals surface area contributed by atoms with E-state index in [4.69, 9.17) is 0 Å². The van der Waals surface area contributed by atoms with E-state index in [2.05, 4.69) is 15.5 Å². The molecule has 5 heteroatoms. The van der Waals surface area contributed by atoms with E-state index in [1.54, 1.807) is 0 Å². The number of amides is 2. The van der Waals surface area contributed by atoms with Gasteiger partial charge >= 0.3 is 0 Å². The molecule has 0 aromatic carbocycles. The van der Waals surface area contributed by atoms with Crippen LogP contribution in [0.4, 0.5) is 0 Å². The number of nitrogens with zero attached hydrogens (tertiary/aromatic N) is 1. The largest absolute Gasteiger partial charge is 0.353 e. The van der Waals surface area contributed by atoms with Crippen LogP contribution in [0.5, 0.6) is 0 Å². The van der Waals surface area contributed by atoms with E-state index in [0.29, 0.717) is 30.8 Å². The smallest absolute Gasteiger partial charge is 0.220 e. The fraction of sp³-hybridized carbons (Fsp3) is 0.875.